The summed E-state index contributed by atoms with van der Waals surface area (Å²) < 4.78 is 13.3. The molecule has 0 N–H and O–H groups in total. The molecule has 1 fully saturated rings. The fourth-order valence-electron chi connectivity index (χ4n) is 5.40. The van der Waals surface area contributed by atoms with E-state index in [0.29, 0.717) is 24.3 Å². The lowest BCUT2D eigenvalue weighted by Crippen LogP contribution is -2.14. The standard InChI is InChI=1S/C27H26N4O3/c1-3-33-24(32)15-34-23-11-12-28-21-10-8-17(14-20(21)23)26-25(22-6-4-5-16(2)29-22)30-27-18-7-9-19(13-18)31(26)27/h4-6,8,10-12,14,18-19H,3,7,9,13,15H2,1-2H3. The van der Waals surface area contributed by atoms with E-state index in [9.17, 15) is 4.79 Å². The summed E-state index contributed by atoms with van der Waals surface area (Å²) >= 11 is 0. The van der Waals surface area contributed by atoms with Crippen LogP contribution >= 0.6 is 0 Å². The summed E-state index contributed by atoms with van der Waals surface area (Å²) in [4.78, 5) is 26.3. The second-order valence-electron chi connectivity index (χ2n) is 9.00. The molecule has 2 aliphatic rings. The van der Waals surface area contributed by atoms with Gasteiger partial charge in [0.1, 0.15) is 17.3 Å². The number of nitrogens with zero attached hydrogens (tertiary/aromatic N) is 4. The van der Waals surface area contributed by atoms with E-state index >= 15 is 0 Å². The van der Waals surface area contributed by atoms with Crippen LogP contribution in [0.15, 0.2) is 48.7 Å². The quantitative estimate of drug-likeness (QED) is 0.371. The highest BCUT2D eigenvalue weighted by Crippen LogP contribution is 2.52. The predicted molar refractivity (Wildman–Crippen MR) is 129 cm³/mol. The monoisotopic (exact) mass is 454 g/mol. The van der Waals surface area contributed by atoms with E-state index in [0.717, 1.165) is 39.2 Å². The van der Waals surface area contributed by atoms with Crippen molar-refractivity contribution in [3.8, 4) is 28.4 Å². The summed E-state index contributed by atoms with van der Waals surface area (Å²) in [6, 6.07) is 14.5. The van der Waals surface area contributed by atoms with Crippen LogP contribution in [-0.4, -0.2) is 38.7 Å². The molecule has 0 radical (unpaired) electrons. The lowest BCUT2D eigenvalue weighted by Gasteiger charge is -2.18. The number of rotatable bonds is 6. The number of imidazole rings is 1. The Labute approximate surface area is 197 Å². The Kier molecular flexibility index (Phi) is 5.05. The molecule has 1 saturated carbocycles. The Balaban J connectivity index is 1.49. The molecule has 3 aromatic heterocycles. The summed E-state index contributed by atoms with van der Waals surface area (Å²) in [5, 5.41) is 0.853. The number of carbonyl (C=O) groups is 1. The van der Waals surface area contributed by atoms with Crippen LogP contribution in [0.4, 0.5) is 0 Å². The minimum absolute atomic E-state index is 0.137. The highest BCUT2D eigenvalue weighted by Gasteiger charge is 2.41. The minimum atomic E-state index is -0.388. The minimum Gasteiger partial charge on any atom is -0.481 e. The van der Waals surface area contributed by atoms with Gasteiger partial charge in [-0.05, 0) is 63.4 Å². The number of pyridine rings is 2. The molecule has 4 aromatic rings. The van der Waals surface area contributed by atoms with Gasteiger partial charge < -0.3 is 14.0 Å². The lowest BCUT2D eigenvalue weighted by molar-refractivity contribution is -0.145. The van der Waals surface area contributed by atoms with Gasteiger partial charge in [-0.3, -0.25) is 9.97 Å². The van der Waals surface area contributed by atoms with E-state index < -0.39 is 0 Å². The average molecular weight is 455 g/mol. The van der Waals surface area contributed by atoms with Crippen LogP contribution < -0.4 is 4.74 Å². The van der Waals surface area contributed by atoms with Crippen molar-refractivity contribution < 1.29 is 14.3 Å². The molecule has 1 aliphatic heterocycles. The third-order valence-electron chi connectivity index (χ3n) is 6.83. The lowest BCUT2D eigenvalue weighted by atomic mass is 10.0. The van der Waals surface area contributed by atoms with E-state index in [1.807, 2.05) is 31.2 Å². The van der Waals surface area contributed by atoms with E-state index in [1.165, 1.54) is 25.1 Å². The molecule has 2 atom stereocenters. The van der Waals surface area contributed by atoms with Gasteiger partial charge in [-0.1, -0.05) is 12.1 Å². The van der Waals surface area contributed by atoms with E-state index in [-0.39, 0.29) is 12.6 Å². The summed E-state index contributed by atoms with van der Waals surface area (Å²) in [5.41, 5.74) is 5.74. The number of ether oxygens (including phenoxy) is 2. The zero-order chi connectivity index (χ0) is 23.2. The van der Waals surface area contributed by atoms with Crippen LogP contribution in [0.25, 0.3) is 33.5 Å². The van der Waals surface area contributed by atoms with E-state index in [4.69, 9.17) is 19.4 Å². The summed E-state index contributed by atoms with van der Waals surface area (Å²) in [6.45, 7) is 3.98. The average Bonchev–Trinajstić information content (AvgIpc) is 3.55. The number of hydrogen-bond donors (Lipinski definition) is 0. The summed E-state index contributed by atoms with van der Waals surface area (Å²) in [5.74, 6) is 1.92. The van der Waals surface area contributed by atoms with Crippen LogP contribution in [0, 0.1) is 6.92 Å². The van der Waals surface area contributed by atoms with Gasteiger partial charge in [0.15, 0.2) is 6.61 Å². The van der Waals surface area contributed by atoms with Crippen molar-refractivity contribution in [1.82, 2.24) is 19.5 Å². The summed E-state index contributed by atoms with van der Waals surface area (Å²) in [6.07, 6.45) is 5.25. The topological polar surface area (TPSA) is 79.1 Å². The Morgan fingerprint density at radius 3 is 2.91 bits per heavy atom. The van der Waals surface area contributed by atoms with Gasteiger partial charge in [-0.2, -0.15) is 0 Å². The van der Waals surface area contributed by atoms with E-state index in [2.05, 4.69) is 21.7 Å². The molecule has 0 spiro atoms. The van der Waals surface area contributed by atoms with Crippen molar-refractivity contribution in [2.45, 2.75) is 45.1 Å². The van der Waals surface area contributed by atoms with Gasteiger partial charge in [0.25, 0.3) is 0 Å². The van der Waals surface area contributed by atoms with Crippen molar-refractivity contribution >= 4 is 16.9 Å². The van der Waals surface area contributed by atoms with Crippen molar-refractivity contribution in [3.63, 3.8) is 0 Å². The van der Waals surface area contributed by atoms with Gasteiger partial charge in [-0.25, -0.2) is 9.78 Å². The van der Waals surface area contributed by atoms with E-state index in [1.54, 1.807) is 19.2 Å². The fourth-order valence-corrected chi connectivity index (χ4v) is 5.40. The molecule has 0 amide bonds. The molecule has 2 unspecified atom stereocenters. The number of benzene rings is 1. The number of fused-ring (bicyclic) bond motifs is 6. The Morgan fingerprint density at radius 1 is 1.15 bits per heavy atom. The zero-order valence-corrected chi connectivity index (χ0v) is 19.3. The van der Waals surface area contributed by atoms with Crippen LogP contribution in [-0.2, 0) is 9.53 Å². The van der Waals surface area contributed by atoms with Gasteiger partial charge in [0.05, 0.1) is 23.5 Å². The smallest absolute Gasteiger partial charge is 0.344 e. The van der Waals surface area contributed by atoms with Crippen LogP contribution in [0.1, 0.15) is 49.7 Å². The first-order valence-electron chi connectivity index (χ1n) is 11.9. The van der Waals surface area contributed by atoms with Crippen LogP contribution in [0.5, 0.6) is 5.75 Å². The first-order valence-corrected chi connectivity index (χ1v) is 11.9. The molecule has 1 aliphatic carbocycles. The maximum Gasteiger partial charge on any atom is 0.344 e. The molecule has 7 nitrogen and oxygen atoms in total. The highest BCUT2D eigenvalue weighted by atomic mass is 16.6. The van der Waals surface area contributed by atoms with Gasteiger partial charge in [0.2, 0.25) is 0 Å². The third kappa shape index (κ3) is 3.43. The van der Waals surface area contributed by atoms with Crippen molar-refractivity contribution in [3.05, 3.63) is 60.2 Å². The predicted octanol–water partition coefficient (Wildman–Crippen LogP) is 5.23. The van der Waals surface area contributed by atoms with Crippen molar-refractivity contribution in [2.75, 3.05) is 13.2 Å². The van der Waals surface area contributed by atoms with Gasteiger partial charge in [0, 0.05) is 34.8 Å². The van der Waals surface area contributed by atoms with Crippen LogP contribution in [0.3, 0.4) is 0 Å². The molecule has 4 heterocycles. The SMILES string of the molecule is CCOC(=O)COc1ccnc2ccc(-c3c(-c4cccc(C)n4)nc4n3C3CCC4C3)cc12. The largest absolute Gasteiger partial charge is 0.481 e. The summed E-state index contributed by atoms with van der Waals surface area (Å²) in [7, 11) is 0. The van der Waals surface area contributed by atoms with Crippen LogP contribution in [0.2, 0.25) is 0 Å². The molecule has 172 valence electrons. The second kappa shape index (κ2) is 8.24. The first-order chi connectivity index (χ1) is 16.6. The Bertz CT molecular complexity index is 1410. The molecule has 34 heavy (non-hydrogen) atoms. The Morgan fingerprint density at radius 2 is 2.06 bits per heavy atom. The molecule has 7 heteroatoms. The van der Waals surface area contributed by atoms with Crippen molar-refractivity contribution in [2.24, 2.45) is 0 Å². The molecule has 0 saturated heterocycles. The molecule has 6 rings (SSSR count). The molecule has 1 aromatic carbocycles. The number of hydrogen-bond acceptors (Lipinski definition) is 6. The number of esters is 1. The Hall–Kier alpha value is -3.74. The van der Waals surface area contributed by atoms with Crippen molar-refractivity contribution in [1.29, 1.82) is 0 Å². The third-order valence-corrected chi connectivity index (χ3v) is 6.83. The molecule has 2 bridgehead atoms. The van der Waals surface area contributed by atoms with Gasteiger partial charge >= 0.3 is 5.97 Å². The normalized spacial score (nSPS) is 18.3. The molecular weight excluding hydrogens is 428 g/mol. The molecular formula is C27H26N4O3. The fraction of sp³-hybridized carbons (Fsp3) is 0.333. The first kappa shape index (κ1) is 20.8. The maximum absolute atomic E-state index is 11.9. The number of aryl methyl sites for hydroxylation is 1. The number of carbonyl (C=O) groups excluding carboxylic acids is 1. The maximum atomic E-state index is 11.9. The highest BCUT2D eigenvalue weighted by molar-refractivity contribution is 5.91. The van der Waals surface area contributed by atoms with Gasteiger partial charge in [-0.15, -0.1) is 0 Å². The second-order valence-corrected chi connectivity index (χ2v) is 9.00. The number of aromatic nitrogens is 4. The zero-order valence-electron chi connectivity index (χ0n) is 19.3.